The highest BCUT2D eigenvalue weighted by Gasteiger charge is 2.17. The van der Waals surface area contributed by atoms with Gasteiger partial charge in [0, 0.05) is 24.2 Å². The number of nitrogens with two attached hydrogens (primary N) is 1. The molecule has 8 heteroatoms. The number of hydrogen-bond donors (Lipinski definition) is 2. The van der Waals surface area contributed by atoms with Gasteiger partial charge in [-0.25, -0.2) is 4.79 Å². The van der Waals surface area contributed by atoms with Crippen LogP contribution in [0.15, 0.2) is 57.7 Å². The first kappa shape index (κ1) is 21.7. The normalized spacial score (nSPS) is 11.9. The number of carbonyl (C=O) groups excluding carboxylic acids is 1. The van der Waals surface area contributed by atoms with Gasteiger partial charge in [0.05, 0.1) is 24.5 Å². The Morgan fingerprint density at radius 2 is 2.03 bits per heavy atom. The van der Waals surface area contributed by atoms with Crippen molar-refractivity contribution in [3.8, 4) is 5.75 Å². The lowest BCUT2D eigenvalue weighted by Gasteiger charge is -2.22. The number of amides is 1. The highest BCUT2D eigenvalue weighted by molar-refractivity contribution is 7.98. The first-order valence-corrected chi connectivity index (χ1v) is 10.8. The molecule has 30 heavy (non-hydrogen) atoms. The van der Waals surface area contributed by atoms with Gasteiger partial charge in [-0.1, -0.05) is 12.1 Å². The van der Waals surface area contributed by atoms with Crippen LogP contribution in [0.5, 0.6) is 5.75 Å². The number of methoxy groups -OCH3 is 1. The zero-order valence-corrected chi connectivity index (χ0v) is 18.0. The van der Waals surface area contributed by atoms with Crippen LogP contribution in [-0.2, 0) is 4.79 Å². The molecule has 3 N–H and O–H groups in total. The fourth-order valence-electron chi connectivity index (χ4n) is 3.11. The quantitative estimate of drug-likeness (QED) is 0.530. The second-order valence-electron chi connectivity index (χ2n) is 6.77. The molecule has 158 valence electrons. The van der Waals surface area contributed by atoms with Gasteiger partial charge < -0.3 is 25.1 Å². The van der Waals surface area contributed by atoms with Crippen LogP contribution in [0.3, 0.4) is 0 Å². The van der Waals surface area contributed by atoms with Crippen molar-refractivity contribution in [3.05, 3.63) is 59.0 Å². The van der Waals surface area contributed by atoms with Gasteiger partial charge in [0.2, 0.25) is 5.91 Å². The topological polar surface area (TPSA) is 97.8 Å². The Hall–Kier alpha value is -2.97. The third kappa shape index (κ3) is 4.77. The Kier molecular flexibility index (Phi) is 7.02. The number of hydrogen-bond acceptors (Lipinski definition) is 7. The number of anilines is 3. The Labute approximate surface area is 179 Å². The van der Waals surface area contributed by atoms with Crippen molar-refractivity contribution in [2.24, 2.45) is 5.73 Å². The molecule has 0 fully saturated rings. The molecule has 0 saturated carbocycles. The van der Waals surface area contributed by atoms with Crippen molar-refractivity contribution in [2.45, 2.75) is 12.5 Å². The monoisotopic (exact) mass is 427 g/mol. The first-order chi connectivity index (χ1) is 14.4. The van der Waals surface area contributed by atoms with Crippen molar-refractivity contribution in [3.63, 3.8) is 0 Å². The first-order valence-electron chi connectivity index (χ1n) is 9.44. The molecule has 3 rings (SSSR count). The fraction of sp³-hybridized carbons (Fsp3) is 0.273. The van der Waals surface area contributed by atoms with Crippen LogP contribution in [0.25, 0.3) is 11.0 Å². The lowest BCUT2D eigenvalue weighted by Crippen LogP contribution is -2.36. The SMILES string of the molecule is COc1ccc(N(C)c2cc(=O)oc3ccccc23)cc1NC(=O)C(N)CCSC. The minimum Gasteiger partial charge on any atom is -0.495 e. The predicted molar refractivity (Wildman–Crippen MR) is 123 cm³/mol. The maximum absolute atomic E-state index is 12.5. The lowest BCUT2D eigenvalue weighted by molar-refractivity contribution is -0.117. The van der Waals surface area contributed by atoms with E-state index in [1.807, 2.05) is 42.5 Å². The van der Waals surface area contributed by atoms with E-state index in [1.165, 1.54) is 13.2 Å². The molecule has 1 unspecified atom stereocenters. The van der Waals surface area contributed by atoms with E-state index in [-0.39, 0.29) is 5.91 Å². The smallest absolute Gasteiger partial charge is 0.338 e. The van der Waals surface area contributed by atoms with Gasteiger partial charge in [-0.05, 0) is 48.8 Å². The zero-order chi connectivity index (χ0) is 21.7. The number of rotatable bonds is 8. The maximum Gasteiger partial charge on any atom is 0.338 e. The Bertz CT molecular complexity index is 1100. The predicted octanol–water partition coefficient (Wildman–Crippen LogP) is 3.59. The van der Waals surface area contributed by atoms with Crippen LogP contribution >= 0.6 is 11.8 Å². The summed E-state index contributed by atoms with van der Waals surface area (Å²) < 4.78 is 10.7. The number of carbonyl (C=O) groups is 1. The molecule has 7 nitrogen and oxygen atoms in total. The molecular formula is C22H25N3O4S. The summed E-state index contributed by atoms with van der Waals surface area (Å²) in [4.78, 5) is 26.4. The molecule has 0 aliphatic heterocycles. The number of nitrogens with one attached hydrogen (secondary N) is 1. The number of ether oxygens (including phenoxy) is 1. The Morgan fingerprint density at radius 3 is 2.77 bits per heavy atom. The second kappa shape index (κ2) is 9.69. The highest BCUT2D eigenvalue weighted by Crippen LogP contribution is 2.34. The van der Waals surface area contributed by atoms with Gasteiger partial charge in [-0.2, -0.15) is 11.8 Å². The zero-order valence-electron chi connectivity index (χ0n) is 17.2. The number of para-hydroxylation sites is 1. The standard InChI is InChI=1S/C22H25N3O4S/c1-25(18-13-21(26)29-19-7-5-4-6-15(18)19)14-8-9-20(28-2)17(12-14)24-22(27)16(23)10-11-30-3/h4-9,12-13,16H,10-11,23H2,1-3H3,(H,24,27). The van der Waals surface area contributed by atoms with Crippen LogP contribution < -0.4 is 26.3 Å². The van der Waals surface area contributed by atoms with Crippen LogP contribution in [-0.4, -0.2) is 38.1 Å². The van der Waals surface area contributed by atoms with Gasteiger partial charge in [0.1, 0.15) is 11.3 Å². The van der Waals surface area contributed by atoms with E-state index in [9.17, 15) is 9.59 Å². The highest BCUT2D eigenvalue weighted by atomic mass is 32.2. The minimum absolute atomic E-state index is 0.270. The number of fused-ring (bicyclic) bond motifs is 1. The summed E-state index contributed by atoms with van der Waals surface area (Å²) in [6.45, 7) is 0. The lowest BCUT2D eigenvalue weighted by atomic mass is 10.1. The summed E-state index contributed by atoms with van der Waals surface area (Å²) in [5.74, 6) is 1.06. The van der Waals surface area contributed by atoms with Crippen LogP contribution in [0.4, 0.5) is 17.1 Å². The second-order valence-corrected chi connectivity index (χ2v) is 7.75. The molecular weight excluding hydrogens is 402 g/mol. The van der Waals surface area contributed by atoms with Crippen LogP contribution in [0, 0.1) is 0 Å². The van der Waals surface area contributed by atoms with Crippen molar-refractivity contribution in [1.29, 1.82) is 0 Å². The molecule has 0 aliphatic rings. The maximum atomic E-state index is 12.5. The van der Waals surface area contributed by atoms with Crippen LogP contribution in [0.1, 0.15) is 6.42 Å². The van der Waals surface area contributed by atoms with Crippen molar-refractivity contribution in [1.82, 2.24) is 0 Å². The summed E-state index contributed by atoms with van der Waals surface area (Å²) in [5.41, 5.74) is 8.04. The van der Waals surface area contributed by atoms with E-state index in [1.54, 1.807) is 30.0 Å². The Balaban J connectivity index is 1.95. The van der Waals surface area contributed by atoms with E-state index < -0.39 is 11.7 Å². The third-order valence-corrected chi connectivity index (χ3v) is 5.43. The van der Waals surface area contributed by atoms with Crippen molar-refractivity contribution in [2.75, 3.05) is 36.4 Å². The van der Waals surface area contributed by atoms with Crippen molar-refractivity contribution < 1.29 is 13.9 Å². The number of nitrogens with zero attached hydrogens (tertiary/aromatic N) is 1. The van der Waals surface area contributed by atoms with E-state index >= 15 is 0 Å². The molecule has 1 amide bonds. The average molecular weight is 428 g/mol. The third-order valence-electron chi connectivity index (χ3n) is 4.79. The summed E-state index contributed by atoms with van der Waals surface area (Å²) >= 11 is 1.64. The fourth-order valence-corrected chi connectivity index (χ4v) is 3.60. The molecule has 0 bridgehead atoms. The van der Waals surface area contributed by atoms with Gasteiger partial charge in [-0.3, -0.25) is 4.79 Å². The summed E-state index contributed by atoms with van der Waals surface area (Å²) in [6, 6.07) is 13.6. The molecule has 0 radical (unpaired) electrons. The summed E-state index contributed by atoms with van der Waals surface area (Å²) in [7, 11) is 3.39. The van der Waals surface area contributed by atoms with E-state index in [0.717, 1.165) is 16.8 Å². The molecule has 0 aliphatic carbocycles. The van der Waals surface area contributed by atoms with Gasteiger partial charge in [0.25, 0.3) is 0 Å². The number of benzene rings is 2. The van der Waals surface area contributed by atoms with Gasteiger partial charge in [-0.15, -0.1) is 0 Å². The molecule has 0 spiro atoms. The molecule has 1 atom stereocenters. The van der Waals surface area contributed by atoms with Gasteiger partial charge in [0.15, 0.2) is 0 Å². The molecule has 1 aromatic heterocycles. The number of thioether (sulfide) groups is 1. The van der Waals surface area contributed by atoms with E-state index in [0.29, 0.717) is 29.1 Å². The summed E-state index contributed by atoms with van der Waals surface area (Å²) in [5, 5.41) is 3.67. The Morgan fingerprint density at radius 1 is 1.27 bits per heavy atom. The molecule has 3 aromatic rings. The molecule has 0 saturated heterocycles. The summed E-state index contributed by atoms with van der Waals surface area (Å²) in [6.07, 6.45) is 2.56. The van der Waals surface area contributed by atoms with E-state index in [2.05, 4.69) is 5.32 Å². The van der Waals surface area contributed by atoms with Crippen LogP contribution in [0.2, 0.25) is 0 Å². The van der Waals surface area contributed by atoms with Gasteiger partial charge >= 0.3 is 5.63 Å². The largest absolute Gasteiger partial charge is 0.495 e. The minimum atomic E-state index is -0.605. The molecule has 2 aromatic carbocycles. The van der Waals surface area contributed by atoms with E-state index in [4.69, 9.17) is 14.9 Å². The average Bonchev–Trinajstić information content (AvgIpc) is 2.76. The molecule has 1 heterocycles. The van der Waals surface area contributed by atoms with Crippen molar-refractivity contribution >= 4 is 45.7 Å².